The molecule has 12 rings (SSSR count). The van der Waals surface area contributed by atoms with E-state index in [1.54, 1.807) is 0 Å². The van der Waals surface area contributed by atoms with Crippen LogP contribution in [0, 0.1) is 0 Å². The molecule has 0 saturated heterocycles. The molecule has 294 valence electrons. The molecule has 2 heterocycles. The predicted molar refractivity (Wildman–Crippen MR) is 258 cm³/mol. The third-order valence-electron chi connectivity index (χ3n) is 14.3. The Morgan fingerprint density at radius 3 is 1.73 bits per heavy atom. The normalized spacial score (nSPS) is 15.8. The monoisotopic (exact) mass is 811 g/mol. The van der Waals surface area contributed by atoms with Crippen molar-refractivity contribution >= 4 is 56.6 Å². The van der Waals surface area contributed by atoms with Crippen molar-refractivity contribution in [2.45, 2.75) is 83.5 Å². The first kappa shape index (κ1) is 36.4. The highest BCUT2D eigenvalue weighted by molar-refractivity contribution is 7.21. The van der Waals surface area contributed by atoms with Crippen molar-refractivity contribution in [2.75, 3.05) is 4.90 Å². The van der Waals surface area contributed by atoms with E-state index in [0.717, 1.165) is 6.42 Å². The summed E-state index contributed by atoms with van der Waals surface area (Å²) in [7, 11) is 0. The Balaban J connectivity index is 1.15. The smallest absolute Gasteiger partial charge is 0.0742 e. The molecule has 60 heavy (non-hydrogen) atoms. The summed E-state index contributed by atoms with van der Waals surface area (Å²) in [6.07, 6.45) is 5.67. The number of hydrogen-bond acceptors (Lipinski definition) is 3. The average Bonchev–Trinajstić information content (AvgIpc) is 4.01. The van der Waals surface area contributed by atoms with E-state index < -0.39 is 0 Å². The lowest BCUT2D eigenvalue weighted by Crippen LogP contribution is -2.33. The largest absolute Gasteiger partial charge is 0.310 e. The summed E-state index contributed by atoms with van der Waals surface area (Å²) in [6, 6.07) is 45.4. The van der Waals surface area contributed by atoms with Crippen LogP contribution >= 0.6 is 22.7 Å². The maximum atomic E-state index is 2.53. The number of fused-ring (bicyclic) bond motifs is 13. The van der Waals surface area contributed by atoms with Gasteiger partial charge in [-0.05, 0) is 159 Å². The molecule has 0 amide bonds. The minimum atomic E-state index is -0.385. The first-order chi connectivity index (χ1) is 28.8. The second-order valence-electron chi connectivity index (χ2n) is 20.1. The molecule has 0 saturated carbocycles. The van der Waals surface area contributed by atoms with Gasteiger partial charge in [-0.15, -0.1) is 22.7 Å². The average molecular weight is 812 g/mol. The van der Waals surface area contributed by atoms with Crippen molar-refractivity contribution in [3.63, 3.8) is 0 Å². The summed E-state index contributed by atoms with van der Waals surface area (Å²) in [4.78, 5) is 5.40. The van der Waals surface area contributed by atoms with Gasteiger partial charge >= 0.3 is 0 Å². The summed E-state index contributed by atoms with van der Waals surface area (Å²) in [5.74, 6) is 0. The standard InChI is InChI=1S/C57H49NS2/c1-54(2,3)35-17-21-37(22-18-35)58(38-23-19-36(20-24-38)55(4,5)6)46-14-10-13-39-40-26-28-43-49(51(40)56(7,8)50(39)46)41-25-15-33-11-9-12-34-16-27-42(48(41)47(33)34)57(43)44-29-31-59-52(44)53-45(57)30-32-60-53/h9-10,12-32H,11H2,1-8H3. The zero-order chi connectivity index (χ0) is 41.1. The zero-order valence-electron chi connectivity index (χ0n) is 35.7. The van der Waals surface area contributed by atoms with Gasteiger partial charge in [-0.25, -0.2) is 0 Å². The summed E-state index contributed by atoms with van der Waals surface area (Å²) in [5.41, 5.74) is 22.6. The Kier molecular flexibility index (Phi) is 7.33. The second-order valence-corrected chi connectivity index (χ2v) is 21.9. The number of thiophene rings is 2. The van der Waals surface area contributed by atoms with E-state index in [1.807, 2.05) is 22.7 Å². The molecule has 2 aromatic heterocycles. The van der Waals surface area contributed by atoms with Gasteiger partial charge in [-0.3, -0.25) is 0 Å². The fourth-order valence-electron chi connectivity index (χ4n) is 11.6. The number of rotatable bonds is 3. The fraction of sp³-hybridized carbons (Fsp3) is 0.228. The topological polar surface area (TPSA) is 3.24 Å². The molecule has 3 heteroatoms. The molecule has 1 spiro atoms. The number of nitrogens with zero attached hydrogens (tertiary/aromatic N) is 1. The molecule has 0 unspecified atom stereocenters. The molecule has 0 aliphatic heterocycles. The van der Waals surface area contributed by atoms with Crippen LogP contribution in [0.1, 0.15) is 111 Å². The third kappa shape index (κ3) is 4.63. The van der Waals surface area contributed by atoms with E-state index in [4.69, 9.17) is 0 Å². The third-order valence-corrected chi connectivity index (χ3v) is 16.3. The molecule has 0 fully saturated rings. The predicted octanol–water partition coefficient (Wildman–Crippen LogP) is 16.2. The Hall–Kier alpha value is -5.48. The van der Waals surface area contributed by atoms with Gasteiger partial charge in [0.1, 0.15) is 0 Å². The molecule has 6 aromatic carbocycles. The van der Waals surface area contributed by atoms with Crippen molar-refractivity contribution in [1.82, 2.24) is 0 Å². The van der Waals surface area contributed by atoms with Crippen LogP contribution in [0.25, 0.3) is 48.9 Å². The Bertz CT molecular complexity index is 3050. The molecule has 0 atom stereocenters. The van der Waals surface area contributed by atoms with Crippen LogP contribution in [0.4, 0.5) is 17.1 Å². The highest BCUT2D eigenvalue weighted by Crippen LogP contribution is 2.67. The maximum Gasteiger partial charge on any atom is 0.0742 e. The van der Waals surface area contributed by atoms with Crippen LogP contribution < -0.4 is 4.90 Å². The highest BCUT2D eigenvalue weighted by atomic mass is 32.1. The summed E-state index contributed by atoms with van der Waals surface area (Å²) in [5, 5.41) is 7.54. The van der Waals surface area contributed by atoms with Crippen molar-refractivity contribution < 1.29 is 0 Å². The Morgan fingerprint density at radius 2 is 1.12 bits per heavy atom. The first-order valence-electron chi connectivity index (χ1n) is 21.5. The number of anilines is 3. The van der Waals surface area contributed by atoms with E-state index in [0.29, 0.717) is 0 Å². The fourth-order valence-corrected chi connectivity index (χ4v) is 13.7. The molecule has 4 aliphatic rings. The SMILES string of the molecule is CC(C)(C)c1ccc(N(c2ccc(C(C)(C)C)cc2)c2cccc3c2C(C)(C)c2c-3ccc3c2-c2ccc4c5c(ccc(c25)C32c3ccsc3-c3sccc32)C=CC4)cc1. The minimum Gasteiger partial charge on any atom is -0.310 e. The molecule has 4 aliphatic carbocycles. The van der Waals surface area contributed by atoms with Crippen molar-refractivity contribution in [3.8, 4) is 32.0 Å². The number of hydrogen-bond donors (Lipinski definition) is 0. The number of benzene rings is 6. The van der Waals surface area contributed by atoms with E-state index in [1.165, 1.54) is 115 Å². The van der Waals surface area contributed by atoms with Gasteiger partial charge in [-0.1, -0.05) is 140 Å². The number of allylic oxidation sites excluding steroid dienone is 1. The molecular formula is C57H49NS2. The minimum absolute atomic E-state index is 0.0661. The second kappa shape index (κ2) is 12.1. The van der Waals surface area contributed by atoms with Gasteiger partial charge in [0.15, 0.2) is 0 Å². The van der Waals surface area contributed by atoms with Gasteiger partial charge in [0.05, 0.1) is 11.1 Å². The van der Waals surface area contributed by atoms with Crippen LogP contribution in [-0.2, 0) is 28.1 Å². The first-order valence-corrected chi connectivity index (χ1v) is 23.3. The van der Waals surface area contributed by atoms with Crippen LogP contribution in [-0.4, -0.2) is 0 Å². The lowest BCUT2D eigenvalue weighted by atomic mass is 9.59. The molecule has 0 N–H and O–H groups in total. The lowest BCUT2D eigenvalue weighted by molar-refractivity contribution is 0.590. The lowest BCUT2D eigenvalue weighted by Gasteiger charge is -2.42. The van der Waals surface area contributed by atoms with Crippen LogP contribution in [0.2, 0.25) is 0 Å². The molecule has 8 aromatic rings. The highest BCUT2D eigenvalue weighted by Gasteiger charge is 2.54. The van der Waals surface area contributed by atoms with Crippen LogP contribution in [0.5, 0.6) is 0 Å². The summed E-state index contributed by atoms with van der Waals surface area (Å²) in [6.45, 7) is 18.8. The van der Waals surface area contributed by atoms with Gasteiger partial charge in [-0.2, -0.15) is 0 Å². The maximum absolute atomic E-state index is 2.53. The zero-order valence-corrected chi connectivity index (χ0v) is 37.4. The van der Waals surface area contributed by atoms with Crippen molar-refractivity contribution in [2.24, 2.45) is 0 Å². The van der Waals surface area contributed by atoms with E-state index in [-0.39, 0.29) is 21.7 Å². The van der Waals surface area contributed by atoms with Crippen molar-refractivity contribution in [1.29, 1.82) is 0 Å². The quantitative estimate of drug-likeness (QED) is 0.172. The van der Waals surface area contributed by atoms with E-state index in [9.17, 15) is 0 Å². The molecular weight excluding hydrogens is 763 g/mol. The Morgan fingerprint density at radius 1 is 0.533 bits per heavy atom. The van der Waals surface area contributed by atoms with Crippen LogP contribution in [0.15, 0.2) is 132 Å². The summed E-state index contributed by atoms with van der Waals surface area (Å²) >= 11 is 3.82. The van der Waals surface area contributed by atoms with Gasteiger partial charge in [0.25, 0.3) is 0 Å². The van der Waals surface area contributed by atoms with Gasteiger partial charge < -0.3 is 4.90 Å². The Labute approximate surface area is 362 Å². The van der Waals surface area contributed by atoms with Crippen molar-refractivity contribution in [3.05, 3.63) is 188 Å². The molecule has 1 nitrogen and oxygen atoms in total. The van der Waals surface area contributed by atoms with E-state index >= 15 is 0 Å². The van der Waals surface area contributed by atoms with Gasteiger partial charge in [0, 0.05) is 26.5 Å². The van der Waals surface area contributed by atoms with E-state index in [2.05, 4.69) is 198 Å². The molecule has 0 bridgehead atoms. The summed E-state index contributed by atoms with van der Waals surface area (Å²) < 4.78 is 0. The van der Waals surface area contributed by atoms with Gasteiger partial charge in [0.2, 0.25) is 0 Å². The molecule has 0 radical (unpaired) electrons. The van der Waals surface area contributed by atoms with Crippen LogP contribution in [0.3, 0.4) is 0 Å².